The Labute approximate surface area is 99.4 Å². The average molecular weight is 268 g/mol. The molecule has 0 aliphatic carbocycles. The fourth-order valence-corrected chi connectivity index (χ4v) is 4.11. The van der Waals surface area contributed by atoms with E-state index in [1.54, 1.807) is 11.8 Å². The predicted molar refractivity (Wildman–Crippen MR) is 59.4 cm³/mol. The van der Waals surface area contributed by atoms with Crippen molar-refractivity contribution < 1.29 is 13.2 Å². The first-order chi connectivity index (χ1) is 7.52. The minimum atomic E-state index is -4.38. The highest BCUT2D eigenvalue weighted by atomic mass is 32.2. The smallest absolute Gasteiger partial charge is 0.326 e. The van der Waals surface area contributed by atoms with Gasteiger partial charge in [-0.05, 0) is 18.6 Å². The highest BCUT2D eigenvalue weighted by Crippen LogP contribution is 2.44. The lowest BCUT2D eigenvalue weighted by atomic mass is 10.2. The van der Waals surface area contributed by atoms with Crippen molar-refractivity contribution in [2.75, 3.05) is 5.75 Å². The van der Waals surface area contributed by atoms with E-state index in [1.807, 2.05) is 0 Å². The Bertz CT molecular complexity index is 369. The monoisotopic (exact) mass is 268 g/mol. The highest BCUT2D eigenvalue weighted by Gasteiger charge is 2.38. The number of aromatic nitrogens is 1. The zero-order valence-corrected chi connectivity index (χ0v) is 10.0. The largest absolute Gasteiger partial charge is 0.434 e. The molecular weight excluding hydrogens is 257 g/mol. The lowest BCUT2D eigenvalue weighted by Crippen LogP contribution is -2.10. The second-order valence-electron chi connectivity index (χ2n) is 3.53. The third-order valence-electron chi connectivity index (χ3n) is 2.37. The molecule has 2 N–H and O–H groups in total. The molecular formula is C9H11F3N2S2. The summed E-state index contributed by atoms with van der Waals surface area (Å²) in [6, 6.07) is 0. The molecule has 1 aliphatic heterocycles. The predicted octanol–water partition coefficient (Wildman–Crippen LogP) is 3.19. The van der Waals surface area contributed by atoms with Crippen LogP contribution in [0, 0.1) is 0 Å². The topological polar surface area (TPSA) is 38.9 Å². The van der Waals surface area contributed by atoms with Crippen molar-refractivity contribution in [3.63, 3.8) is 0 Å². The van der Waals surface area contributed by atoms with E-state index in [2.05, 4.69) is 4.98 Å². The molecule has 16 heavy (non-hydrogen) atoms. The summed E-state index contributed by atoms with van der Waals surface area (Å²) in [5.41, 5.74) is 4.53. The lowest BCUT2D eigenvalue weighted by Gasteiger charge is -2.04. The second-order valence-corrected chi connectivity index (χ2v) is 5.95. The van der Waals surface area contributed by atoms with E-state index in [0.29, 0.717) is 5.01 Å². The molecule has 0 aromatic carbocycles. The maximum Gasteiger partial charge on any atom is 0.434 e. The van der Waals surface area contributed by atoms with Crippen molar-refractivity contribution in [3.8, 4) is 0 Å². The maximum absolute atomic E-state index is 12.6. The molecule has 2 nitrogen and oxygen atoms in total. The fraction of sp³-hybridized carbons (Fsp3) is 0.667. The van der Waals surface area contributed by atoms with Gasteiger partial charge in [0.2, 0.25) is 0 Å². The molecule has 0 amide bonds. The first-order valence-corrected chi connectivity index (χ1v) is 6.77. The zero-order valence-electron chi connectivity index (χ0n) is 8.38. The van der Waals surface area contributed by atoms with Gasteiger partial charge >= 0.3 is 6.18 Å². The molecule has 90 valence electrons. The van der Waals surface area contributed by atoms with E-state index in [4.69, 9.17) is 5.73 Å². The van der Waals surface area contributed by atoms with Gasteiger partial charge in [0.05, 0.1) is 10.1 Å². The number of hydrogen-bond acceptors (Lipinski definition) is 4. The number of halogens is 3. The highest BCUT2D eigenvalue weighted by molar-refractivity contribution is 7.99. The van der Waals surface area contributed by atoms with E-state index in [-0.39, 0.29) is 16.7 Å². The van der Waals surface area contributed by atoms with E-state index in [9.17, 15) is 13.2 Å². The molecule has 0 spiro atoms. The van der Waals surface area contributed by atoms with E-state index in [1.165, 1.54) is 0 Å². The lowest BCUT2D eigenvalue weighted by molar-refractivity contribution is -0.141. The Kier molecular flexibility index (Phi) is 3.46. The Balaban J connectivity index is 2.31. The van der Waals surface area contributed by atoms with Crippen LogP contribution < -0.4 is 5.73 Å². The normalized spacial score (nSPS) is 21.6. The molecule has 2 heterocycles. The van der Waals surface area contributed by atoms with Gasteiger partial charge in [-0.15, -0.1) is 11.3 Å². The zero-order chi connectivity index (χ0) is 11.8. The summed E-state index contributed by atoms with van der Waals surface area (Å²) in [6.07, 6.45) is -2.42. The molecule has 1 fully saturated rings. The Morgan fingerprint density at radius 2 is 2.19 bits per heavy atom. The van der Waals surface area contributed by atoms with Crippen molar-refractivity contribution in [1.82, 2.24) is 4.98 Å². The van der Waals surface area contributed by atoms with Gasteiger partial charge in [-0.25, -0.2) is 4.98 Å². The van der Waals surface area contributed by atoms with E-state index >= 15 is 0 Å². The van der Waals surface area contributed by atoms with Gasteiger partial charge in [-0.1, -0.05) is 0 Å². The van der Waals surface area contributed by atoms with Crippen molar-refractivity contribution >= 4 is 23.1 Å². The maximum atomic E-state index is 12.6. The summed E-state index contributed by atoms with van der Waals surface area (Å²) in [5, 5.41) is 0.710. The van der Waals surface area contributed by atoms with Gasteiger partial charge in [0.25, 0.3) is 0 Å². The van der Waals surface area contributed by atoms with Crippen LogP contribution in [0.15, 0.2) is 0 Å². The number of thioether (sulfide) groups is 1. The average Bonchev–Trinajstić information content (AvgIpc) is 2.85. The molecule has 1 unspecified atom stereocenters. The molecule has 2 rings (SSSR count). The fourth-order valence-electron chi connectivity index (χ4n) is 1.64. The van der Waals surface area contributed by atoms with Gasteiger partial charge in [0.1, 0.15) is 5.01 Å². The molecule has 1 atom stereocenters. The Morgan fingerprint density at radius 1 is 1.44 bits per heavy atom. The Hall–Kier alpha value is -0.270. The first kappa shape index (κ1) is 12.2. The van der Waals surface area contributed by atoms with Crippen LogP contribution in [0.25, 0.3) is 0 Å². The third-order valence-corrected chi connectivity index (χ3v) is 5.10. The number of thiazole rings is 1. The van der Waals surface area contributed by atoms with Crippen LogP contribution in [-0.2, 0) is 12.7 Å². The number of nitrogens with two attached hydrogens (primary N) is 1. The summed E-state index contributed by atoms with van der Waals surface area (Å²) < 4.78 is 37.9. The molecule has 0 bridgehead atoms. The molecule has 1 aliphatic rings. The molecule has 7 heteroatoms. The number of rotatable bonds is 2. The molecule has 1 aromatic heterocycles. The summed E-state index contributed by atoms with van der Waals surface area (Å²) in [7, 11) is 0. The quantitative estimate of drug-likeness (QED) is 0.895. The van der Waals surface area contributed by atoms with Crippen LogP contribution in [0.3, 0.4) is 0 Å². The van der Waals surface area contributed by atoms with Gasteiger partial charge in [-0.2, -0.15) is 24.9 Å². The van der Waals surface area contributed by atoms with Crippen LogP contribution >= 0.6 is 23.1 Å². The minimum Gasteiger partial charge on any atom is -0.326 e. The molecule has 1 saturated heterocycles. The summed E-state index contributed by atoms with van der Waals surface area (Å²) in [6.45, 7) is -0.0934. The summed E-state index contributed by atoms with van der Waals surface area (Å²) >= 11 is 2.79. The summed E-state index contributed by atoms with van der Waals surface area (Å²) in [4.78, 5) is 3.88. The third kappa shape index (κ3) is 2.36. The van der Waals surface area contributed by atoms with E-state index < -0.39 is 11.9 Å². The van der Waals surface area contributed by atoms with Crippen LogP contribution in [0.5, 0.6) is 0 Å². The van der Waals surface area contributed by atoms with Crippen LogP contribution in [0.4, 0.5) is 13.2 Å². The van der Waals surface area contributed by atoms with Crippen molar-refractivity contribution in [2.24, 2.45) is 5.73 Å². The molecule has 0 saturated carbocycles. The Morgan fingerprint density at radius 3 is 2.62 bits per heavy atom. The van der Waals surface area contributed by atoms with Crippen molar-refractivity contribution in [1.29, 1.82) is 0 Å². The van der Waals surface area contributed by atoms with Crippen LogP contribution in [0.2, 0.25) is 0 Å². The van der Waals surface area contributed by atoms with E-state index in [0.717, 1.165) is 29.9 Å². The molecule has 0 radical (unpaired) electrons. The molecule has 1 aromatic rings. The SMILES string of the molecule is NCc1sc(C2CCCS2)nc1C(F)(F)F. The van der Waals surface area contributed by atoms with Gasteiger partial charge in [0, 0.05) is 6.54 Å². The van der Waals surface area contributed by atoms with Crippen LogP contribution in [-0.4, -0.2) is 10.7 Å². The van der Waals surface area contributed by atoms with Crippen molar-refractivity contribution in [2.45, 2.75) is 30.8 Å². The first-order valence-electron chi connectivity index (χ1n) is 4.91. The minimum absolute atomic E-state index is 0.0934. The van der Waals surface area contributed by atoms with Gasteiger partial charge in [-0.3, -0.25) is 0 Å². The van der Waals surface area contributed by atoms with Gasteiger partial charge in [0.15, 0.2) is 5.69 Å². The standard InChI is InChI=1S/C9H11F3N2S2/c10-9(11,12)7-6(4-13)16-8(14-7)5-2-1-3-15-5/h5H,1-4,13H2. The van der Waals surface area contributed by atoms with Gasteiger partial charge < -0.3 is 5.73 Å². The number of alkyl halides is 3. The van der Waals surface area contributed by atoms with Crippen LogP contribution in [0.1, 0.15) is 33.7 Å². The second kappa shape index (κ2) is 4.54. The summed E-state index contributed by atoms with van der Waals surface area (Å²) in [5.74, 6) is 1.00. The number of nitrogens with zero attached hydrogens (tertiary/aromatic N) is 1. The number of hydrogen-bond donors (Lipinski definition) is 1. The van der Waals surface area contributed by atoms with Crippen molar-refractivity contribution in [3.05, 3.63) is 15.6 Å².